The number of aromatic hydroxyl groups is 1. The molecular weight excluding hydrogens is 280 g/mol. The minimum atomic E-state index is -1.33. The molecule has 0 unspecified atom stereocenters. The molecule has 3 N–H and O–H groups in total. The molecule has 2 aromatic rings. The van der Waals surface area contributed by atoms with Gasteiger partial charge in [0.2, 0.25) is 0 Å². The van der Waals surface area contributed by atoms with Crippen LogP contribution in [-0.2, 0) is 7.05 Å². The maximum atomic E-state index is 11.1. The van der Waals surface area contributed by atoms with Gasteiger partial charge in [0.1, 0.15) is 5.56 Å². The topological polar surface area (TPSA) is 122 Å². The van der Waals surface area contributed by atoms with Gasteiger partial charge in [-0.3, -0.25) is 4.68 Å². The van der Waals surface area contributed by atoms with E-state index in [4.69, 9.17) is 14.9 Å². The van der Waals surface area contributed by atoms with Gasteiger partial charge in [0.25, 0.3) is 0 Å². The molecule has 0 saturated heterocycles. The summed E-state index contributed by atoms with van der Waals surface area (Å²) in [6, 6.07) is 3.94. The molecule has 8 nitrogen and oxygen atoms in total. The number of hydrogen-bond donors (Lipinski definition) is 3. The van der Waals surface area contributed by atoms with Gasteiger partial charge in [-0.15, -0.1) is 0 Å². The van der Waals surface area contributed by atoms with E-state index in [9.17, 15) is 14.7 Å². The molecule has 1 aromatic carbocycles. The Balaban J connectivity index is 2.66. The fourth-order valence-corrected chi connectivity index (χ4v) is 1.92. The van der Waals surface area contributed by atoms with Crippen LogP contribution in [0.5, 0.6) is 11.5 Å². The second-order valence-corrected chi connectivity index (χ2v) is 4.22. The Bertz CT molecular complexity index is 735. The van der Waals surface area contributed by atoms with Crippen molar-refractivity contribution in [2.24, 2.45) is 7.05 Å². The zero-order valence-electron chi connectivity index (χ0n) is 11.2. The number of aromatic carboxylic acids is 2. The maximum absolute atomic E-state index is 11.1. The molecule has 0 aliphatic heterocycles. The highest BCUT2D eigenvalue weighted by Gasteiger charge is 2.19. The number of carboxylic acids is 2. The van der Waals surface area contributed by atoms with Crippen molar-refractivity contribution in [3.8, 4) is 22.8 Å². The van der Waals surface area contributed by atoms with Crippen LogP contribution in [0.25, 0.3) is 11.3 Å². The summed E-state index contributed by atoms with van der Waals surface area (Å²) < 4.78 is 6.24. The van der Waals surface area contributed by atoms with Crippen molar-refractivity contribution >= 4 is 11.9 Å². The minimum absolute atomic E-state index is 0.0250. The van der Waals surface area contributed by atoms with Crippen molar-refractivity contribution in [2.45, 2.75) is 0 Å². The SMILES string of the molecule is COc1cc(-c2cc(C(=O)O)nn2C)cc(C(=O)O)c1O. The van der Waals surface area contributed by atoms with Crippen molar-refractivity contribution in [1.29, 1.82) is 0 Å². The first-order valence-electron chi connectivity index (χ1n) is 5.77. The van der Waals surface area contributed by atoms with Crippen LogP contribution in [0.2, 0.25) is 0 Å². The monoisotopic (exact) mass is 292 g/mol. The first-order chi connectivity index (χ1) is 9.85. The van der Waals surface area contributed by atoms with Crippen LogP contribution >= 0.6 is 0 Å². The highest BCUT2D eigenvalue weighted by atomic mass is 16.5. The largest absolute Gasteiger partial charge is 0.504 e. The Kier molecular flexibility index (Phi) is 3.53. The number of aromatic nitrogens is 2. The molecule has 1 aromatic heterocycles. The molecule has 0 atom stereocenters. The Hall–Kier alpha value is -3.03. The number of nitrogens with zero attached hydrogens (tertiary/aromatic N) is 2. The van der Waals surface area contributed by atoms with Crippen molar-refractivity contribution < 1.29 is 29.6 Å². The summed E-state index contributed by atoms with van der Waals surface area (Å²) in [4.78, 5) is 22.1. The van der Waals surface area contributed by atoms with Crippen molar-refractivity contribution in [1.82, 2.24) is 9.78 Å². The van der Waals surface area contributed by atoms with E-state index in [1.807, 2.05) is 0 Å². The van der Waals surface area contributed by atoms with Crippen LogP contribution in [0.4, 0.5) is 0 Å². The van der Waals surface area contributed by atoms with E-state index in [-0.39, 0.29) is 17.0 Å². The summed E-state index contributed by atoms with van der Waals surface area (Å²) in [6.07, 6.45) is 0. The molecule has 110 valence electrons. The average molecular weight is 292 g/mol. The quantitative estimate of drug-likeness (QED) is 0.773. The zero-order valence-corrected chi connectivity index (χ0v) is 11.2. The summed E-state index contributed by atoms with van der Waals surface area (Å²) in [5.41, 5.74) is 0.233. The van der Waals surface area contributed by atoms with Crippen LogP contribution in [0.3, 0.4) is 0 Å². The lowest BCUT2D eigenvalue weighted by Gasteiger charge is -2.10. The molecule has 0 spiro atoms. The highest BCUT2D eigenvalue weighted by Crippen LogP contribution is 2.35. The van der Waals surface area contributed by atoms with E-state index in [0.717, 1.165) is 0 Å². The van der Waals surface area contributed by atoms with E-state index >= 15 is 0 Å². The first-order valence-corrected chi connectivity index (χ1v) is 5.77. The third kappa shape index (κ3) is 2.50. The summed E-state index contributed by atoms with van der Waals surface area (Å²) in [5.74, 6) is -3.04. The standard InChI is InChI=1S/C13H12N2O6/c1-15-9(5-8(14-15)13(19)20)6-3-7(12(17)18)11(16)10(4-6)21-2/h3-5,16H,1-2H3,(H,17,18)(H,19,20). The fraction of sp³-hybridized carbons (Fsp3) is 0.154. The molecule has 0 aliphatic carbocycles. The summed E-state index contributed by atoms with van der Waals surface area (Å²) >= 11 is 0. The predicted octanol–water partition coefficient (Wildman–Crippen LogP) is 1.20. The average Bonchev–Trinajstić information content (AvgIpc) is 2.81. The fourth-order valence-electron chi connectivity index (χ4n) is 1.92. The molecular formula is C13H12N2O6. The van der Waals surface area contributed by atoms with Crippen LogP contribution < -0.4 is 4.74 Å². The van der Waals surface area contributed by atoms with Crippen molar-refractivity contribution in [2.75, 3.05) is 7.11 Å². The van der Waals surface area contributed by atoms with E-state index in [1.54, 1.807) is 0 Å². The van der Waals surface area contributed by atoms with Crippen LogP contribution in [0.1, 0.15) is 20.8 Å². The van der Waals surface area contributed by atoms with Gasteiger partial charge >= 0.3 is 11.9 Å². The molecule has 0 saturated carbocycles. The Morgan fingerprint density at radius 3 is 2.33 bits per heavy atom. The normalized spacial score (nSPS) is 10.4. The molecule has 2 rings (SSSR count). The predicted molar refractivity (Wildman–Crippen MR) is 70.8 cm³/mol. The summed E-state index contributed by atoms with van der Waals surface area (Å²) in [6.45, 7) is 0. The minimum Gasteiger partial charge on any atom is -0.504 e. The second kappa shape index (κ2) is 5.16. The molecule has 0 fully saturated rings. The van der Waals surface area contributed by atoms with Gasteiger partial charge in [0.15, 0.2) is 17.2 Å². The molecule has 0 amide bonds. The Morgan fingerprint density at radius 1 is 1.19 bits per heavy atom. The van der Waals surface area contributed by atoms with Gasteiger partial charge in [0.05, 0.1) is 12.8 Å². The van der Waals surface area contributed by atoms with Gasteiger partial charge in [-0.05, 0) is 18.2 Å². The van der Waals surface area contributed by atoms with E-state index in [1.165, 1.54) is 37.0 Å². The van der Waals surface area contributed by atoms with Crippen LogP contribution in [0.15, 0.2) is 18.2 Å². The van der Waals surface area contributed by atoms with Gasteiger partial charge in [-0.25, -0.2) is 9.59 Å². The van der Waals surface area contributed by atoms with Crippen LogP contribution in [0, 0.1) is 0 Å². The van der Waals surface area contributed by atoms with E-state index < -0.39 is 17.7 Å². The van der Waals surface area contributed by atoms with Gasteiger partial charge in [-0.1, -0.05) is 0 Å². The molecule has 8 heteroatoms. The third-order valence-electron chi connectivity index (χ3n) is 2.92. The molecule has 0 bridgehead atoms. The molecule has 1 heterocycles. The number of ether oxygens (including phenoxy) is 1. The number of aryl methyl sites for hydroxylation is 1. The van der Waals surface area contributed by atoms with Crippen molar-refractivity contribution in [3.05, 3.63) is 29.5 Å². The number of carbonyl (C=O) groups is 2. The number of hydrogen-bond acceptors (Lipinski definition) is 5. The van der Waals surface area contributed by atoms with Gasteiger partial charge in [0, 0.05) is 12.6 Å². The third-order valence-corrected chi connectivity index (χ3v) is 2.92. The zero-order chi connectivity index (χ0) is 15.7. The van der Waals surface area contributed by atoms with Crippen molar-refractivity contribution in [3.63, 3.8) is 0 Å². The molecule has 21 heavy (non-hydrogen) atoms. The number of benzene rings is 1. The first kappa shape index (κ1) is 14.4. The highest BCUT2D eigenvalue weighted by molar-refractivity contribution is 5.94. The molecule has 0 radical (unpaired) electrons. The van der Waals surface area contributed by atoms with Crippen LogP contribution in [-0.4, -0.2) is 44.1 Å². The number of rotatable bonds is 4. The van der Waals surface area contributed by atoms with E-state index in [0.29, 0.717) is 11.3 Å². The summed E-state index contributed by atoms with van der Waals surface area (Å²) in [7, 11) is 2.82. The second-order valence-electron chi connectivity index (χ2n) is 4.22. The van der Waals surface area contributed by atoms with E-state index in [2.05, 4.69) is 5.10 Å². The number of phenols is 1. The summed E-state index contributed by atoms with van der Waals surface area (Å²) in [5, 5.41) is 31.6. The smallest absolute Gasteiger partial charge is 0.356 e. The maximum Gasteiger partial charge on any atom is 0.356 e. The molecule has 0 aliphatic rings. The van der Waals surface area contributed by atoms with Gasteiger partial charge in [-0.2, -0.15) is 5.10 Å². The number of carboxylic acid groups (broad SMARTS) is 2. The van der Waals surface area contributed by atoms with Gasteiger partial charge < -0.3 is 20.1 Å². The Labute approximate surface area is 118 Å². The lowest BCUT2D eigenvalue weighted by atomic mass is 10.1. The lowest BCUT2D eigenvalue weighted by Crippen LogP contribution is -2.01. The lowest BCUT2D eigenvalue weighted by molar-refractivity contribution is 0.0680. The Morgan fingerprint density at radius 2 is 1.86 bits per heavy atom. The number of methoxy groups -OCH3 is 1.